The molecule has 0 bridgehead atoms. The molecule has 3 unspecified atom stereocenters. The Morgan fingerprint density at radius 3 is 2.34 bits per heavy atom. The largest absolute Gasteiger partial charge is 0.440 e. The predicted octanol–water partition coefficient (Wildman–Crippen LogP) is 4.40. The molecule has 0 saturated carbocycles. The summed E-state index contributed by atoms with van der Waals surface area (Å²) in [5, 5.41) is 17.5. The molecule has 3 N–H and O–H groups in total. The zero-order valence-electron chi connectivity index (χ0n) is 17.9. The second-order valence-corrected chi connectivity index (χ2v) is 8.44. The van der Waals surface area contributed by atoms with Gasteiger partial charge in [-0.05, 0) is 35.4 Å². The molecule has 1 fully saturated rings. The summed E-state index contributed by atoms with van der Waals surface area (Å²) in [5.41, 5.74) is 4.42. The van der Waals surface area contributed by atoms with E-state index in [-0.39, 0.29) is 18.1 Å². The molecule has 0 radical (unpaired) electrons. The number of nitrogens with one attached hydrogen (secondary N) is 2. The molecule has 0 spiro atoms. The van der Waals surface area contributed by atoms with Crippen molar-refractivity contribution in [2.24, 2.45) is 0 Å². The highest BCUT2D eigenvalue weighted by atomic mass is 16.5. The summed E-state index contributed by atoms with van der Waals surface area (Å²) in [7, 11) is 0. The van der Waals surface area contributed by atoms with Crippen LogP contribution in [0, 0.1) is 0 Å². The number of aliphatic hydroxyl groups excluding tert-OH is 1. The number of ether oxygens (including phenoxy) is 2. The van der Waals surface area contributed by atoms with Crippen molar-refractivity contribution in [1.82, 2.24) is 5.32 Å². The van der Waals surface area contributed by atoms with Crippen molar-refractivity contribution in [2.75, 3.05) is 11.9 Å². The third-order valence-electron chi connectivity index (χ3n) is 6.24. The maximum atomic E-state index is 11.0. The minimum atomic E-state index is -0.490. The van der Waals surface area contributed by atoms with E-state index in [0.29, 0.717) is 25.5 Å². The summed E-state index contributed by atoms with van der Waals surface area (Å²) < 4.78 is 11.9. The van der Waals surface area contributed by atoms with Crippen molar-refractivity contribution < 1.29 is 14.6 Å². The molecule has 2 heterocycles. The molecule has 5 heteroatoms. The summed E-state index contributed by atoms with van der Waals surface area (Å²) in [6.07, 6.45) is -0.00230. The molecule has 3 atom stereocenters. The monoisotopic (exact) mass is 428 g/mol. The first-order chi connectivity index (χ1) is 15.7. The lowest BCUT2D eigenvalue weighted by molar-refractivity contribution is -0.0718. The first-order valence-electron chi connectivity index (χ1n) is 11.1. The van der Waals surface area contributed by atoms with Crippen LogP contribution in [0.5, 0.6) is 5.75 Å². The third kappa shape index (κ3) is 4.41. The number of benzene rings is 3. The molecule has 3 aromatic rings. The maximum absolute atomic E-state index is 11.0. The molecular weight excluding hydrogens is 400 g/mol. The third-order valence-corrected chi connectivity index (χ3v) is 6.24. The van der Waals surface area contributed by atoms with Crippen LogP contribution in [0.2, 0.25) is 0 Å². The van der Waals surface area contributed by atoms with Crippen LogP contribution < -0.4 is 15.4 Å². The molecule has 1 saturated heterocycles. The number of anilines is 1. The van der Waals surface area contributed by atoms with Crippen LogP contribution in [0.3, 0.4) is 0 Å². The second kappa shape index (κ2) is 9.17. The minimum Gasteiger partial charge on any atom is -0.440 e. The molecule has 0 aromatic heterocycles. The van der Waals surface area contributed by atoms with Gasteiger partial charge in [0.25, 0.3) is 0 Å². The van der Waals surface area contributed by atoms with E-state index in [2.05, 4.69) is 65.7 Å². The number of aliphatic hydroxyl groups is 1. The van der Waals surface area contributed by atoms with Crippen LogP contribution in [0.15, 0.2) is 91.3 Å². The van der Waals surface area contributed by atoms with E-state index in [9.17, 15) is 5.11 Å². The second-order valence-electron chi connectivity index (χ2n) is 8.44. The number of hydrogen-bond acceptors (Lipinski definition) is 5. The topological polar surface area (TPSA) is 62.8 Å². The van der Waals surface area contributed by atoms with E-state index in [0.717, 1.165) is 17.0 Å². The molecule has 164 valence electrons. The van der Waals surface area contributed by atoms with E-state index in [1.807, 2.05) is 30.3 Å². The number of rotatable bonds is 6. The van der Waals surface area contributed by atoms with Crippen LogP contribution in [0.4, 0.5) is 5.69 Å². The Morgan fingerprint density at radius 2 is 1.69 bits per heavy atom. The quantitative estimate of drug-likeness (QED) is 0.543. The first-order valence-corrected chi connectivity index (χ1v) is 11.1. The van der Waals surface area contributed by atoms with E-state index >= 15 is 0 Å². The van der Waals surface area contributed by atoms with Crippen molar-refractivity contribution in [1.29, 1.82) is 0 Å². The van der Waals surface area contributed by atoms with Crippen LogP contribution in [-0.2, 0) is 11.3 Å². The van der Waals surface area contributed by atoms with Crippen LogP contribution in [0.25, 0.3) is 0 Å². The van der Waals surface area contributed by atoms with Gasteiger partial charge in [0.2, 0.25) is 0 Å². The van der Waals surface area contributed by atoms with Gasteiger partial charge in [0, 0.05) is 18.9 Å². The van der Waals surface area contributed by atoms with Crippen molar-refractivity contribution in [2.45, 2.75) is 37.1 Å². The van der Waals surface area contributed by atoms with E-state index in [1.165, 1.54) is 11.1 Å². The smallest absolute Gasteiger partial charge is 0.190 e. The van der Waals surface area contributed by atoms with Crippen molar-refractivity contribution in [3.05, 3.63) is 108 Å². The SMILES string of the molecule is C=C1Nc2ccc(CNC3COC(C(c4ccccc4)c4ccccc4)CC3O)cc2O1. The van der Waals surface area contributed by atoms with Gasteiger partial charge in [-0.1, -0.05) is 66.7 Å². The summed E-state index contributed by atoms with van der Waals surface area (Å²) in [6.45, 7) is 4.88. The fourth-order valence-corrected chi connectivity index (χ4v) is 4.60. The number of fused-ring (bicyclic) bond motifs is 1. The van der Waals surface area contributed by atoms with Crippen LogP contribution in [-0.4, -0.2) is 30.0 Å². The molecule has 3 aromatic carbocycles. The van der Waals surface area contributed by atoms with E-state index in [4.69, 9.17) is 9.47 Å². The van der Waals surface area contributed by atoms with Crippen molar-refractivity contribution >= 4 is 5.69 Å². The highest BCUT2D eigenvalue weighted by Gasteiger charge is 2.35. The van der Waals surface area contributed by atoms with Crippen LogP contribution >= 0.6 is 0 Å². The van der Waals surface area contributed by atoms with Gasteiger partial charge in [-0.15, -0.1) is 0 Å². The van der Waals surface area contributed by atoms with E-state index in [1.54, 1.807) is 0 Å². The average Bonchev–Trinajstić information content (AvgIpc) is 3.19. The predicted molar refractivity (Wildman–Crippen MR) is 126 cm³/mol. The van der Waals surface area contributed by atoms with E-state index < -0.39 is 6.10 Å². The molecule has 0 amide bonds. The molecule has 2 aliphatic heterocycles. The lowest BCUT2D eigenvalue weighted by Gasteiger charge is -2.38. The normalized spacial score (nSPS) is 22.3. The minimum absolute atomic E-state index is 0.0849. The van der Waals surface area contributed by atoms with Crippen LogP contribution in [0.1, 0.15) is 29.0 Å². The van der Waals surface area contributed by atoms with Gasteiger partial charge in [0.1, 0.15) is 0 Å². The van der Waals surface area contributed by atoms with Gasteiger partial charge < -0.3 is 25.2 Å². The highest BCUT2D eigenvalue weighted by molar-refractivity contribution is 5.64. The fourth-order valence-electron chi connectivity index (χ4n) is 4.60. The Balaban J connectivity index is 1.25. The zero-order valence-corrected chi connectivity index (χ0v) is 17.9. The van der Waals surface area contributed by atoms with Crippen molar-refractivity contribution in [3.63, 3.8) is 0 Å². The lowest BCUT2D eigenvalue weighted by atomic mass is 9.82. The number of hydrogen-bond donors (Lipinski definition) is 3. The zero-order chi connectivity index (χ0) is 21.9. The molecular formula is C27H28N2O3. The first kappa shape index (κ1) is 20.8. The molecule has 2 aliphatic rings. The Labute approximate surface area is 188 Å². The van der Waals surface area contributed by atoms with Crippen molar-refractivity contribution in [3.8, 4) is 5.75 Å². The maximum Gasteiger partial charge on any atom is 0.190 e. The highest BCUT2D eigenvalue weighted by Crippen LogP contribution is 2.35. The molecule has 5 rings (SSSR count). The summed E-state index contributed by atoms with van der Waals surface area (Å²) in [6, 6.07) is 26.7. The Morgan fingerprint density at radius 1 is 1.00 bits per heavy atom. The Kier molecular flexibility index (Phi) is 5.95. The molecule has 0 aliphatic carbocycles. The Hall–Kier alpha value is -3.12. The van der Waals surface area contributed by atoms with Gasteiger partial charge >= 0.3 is 0 Å². The molecule has 32 heavy (non-hydrogen) atoms. The summed E-state index contributed by atoms with van der Waals surface area (Å²) in [4.78, 5) is 0. The van der Waals surface area contributed by atoms with Gasteiger partial charge in [-0.3, -0.25) is 0 Å². The summed E-state index contributed by atoms with van der Waals surface area (Å²) in [5.74, 6) is 1.41. The van der Waals surface area contributed by atoms with Gasteiger partial charge in [0.05, 0.1) is 30.5 Å². The lowest BCUT2D eigenvalue weighted by Crippen LogP contribution is -2.50. The van der Waals surface area contributed by atoms with Gasteiger partial charge in [-0.25, -0.2) is 0 Å². The molecule has 5 nitrogen and oxygen atoms in total. The standard InChI is InChI=1S/C27H28N2O3/c1-18-29-22-13-12-19(14-25(22)32-18)16-28-23-17-31-26(15-24(23)30)27(20-8-4-2-5-9-20)21-10-6-3-7-11-21/h2-14,23-24,26-30H,1,15-17H2. The van der Waals surface area contributed by atoms with Gasteiger partial charge in [-0.2, -0.15) is 0 Å². The van der Waals surface area contributed by atoms with Gasteiger partial charge in [0.15, 0.2) is 11.6 Å². The fraction of sp³-hybridized carbons (Fsp3) is 0.259. The Bertz CT molecular complexity index is 1030. The summed E-state index contributed by atoms with van der Waals surface area (Å²) >= 11 is 0. The average molecular weight is 429 g/mol.